The van der Waals surface area contributed by atoms with Crippen LogP contribution in [-0.4, -0.2) is 42.6 Å². The maximum atomic E-state index is 11.4. The Kier molecular flexibility index (Phi) is 4.41. The molecule has 0 aromatic carbocycles. The summed E-state index contributed by atoms with van der Waals surface area (Å²) in [5.74, 6) is -0.208. The molecule has 0 aliphatic carbocycles. The third-order valence-electron chi connectivity index (χ3n) is 1.85. The second-order valence-electron chi connectivity index (χ2n) is 2.91. The number of carbonyl (C=O) groups excluding carboxylic acids is 3. The number of nitrogens with one attached hydrogen (secondary N) is 2. The van der Waals surface area contributed by atoms with Gasteiger partial charge in [0.1, 0.15) is 6.04 Å². The number of thioether (sulfide) groups is 1. The first-order chi connectivity index (χ1) is 7.13. The van der Waals surface area contributed by atoms with Crippen LogP contribution in [0.15, 0.2) is 0 Å². The molecule has 1 unspecified atom stereocenters. The minimum Gasteiger partial charge on any atom is -0.469 e. The Bertz CT molecular complexity index is 282. The molecule has 2 N–H and O–H groups in total. The van der Waals surface area contributed by atoms with Crippen LogP contribution in [0.25, 0.3) is 0 Å². The number of rotatable bonds is 4. The van der Waals surface area contributed by atoms with E-state index in [-0.39, 0.29) is 30.1 Å². The maximum Gasteiger partial charge on any atom is 0.307 e. The molecule has 1 aliphatic rings. The van der Waals surface area contributed by atoms with Crippen molar-refractivity contribution in [1.29, 1.82) is 0 Å². The molecular weight excluding hydrogens is 220 g/mol. The van der Waals surface area contributed by atoms with Crippen LogP contribution in [0.4, 0.5) is 4.79 Å². The summed E-state index contributed by atoms with van der Waals surface area (Å²) < 4.78 is 4.41. The van der Waals surface area contributed by atoms with Crippen molar-refractivity contribution in [2.75, 3.05) is 19.4 Å². The van der Waals surface area contributed by atoms with E-state index in [0.717, 1.165) is 11.8 Å². The van der Waals surface area contributed by atoms with Crippen LogP contribution in [0.5, 0.6) is 0 Å². The van der Waals surface area contributed by atoms with Crippen LogP contribution in [0.2, 0.25) is 0 Å². The molecule has 1 saturated heterocycles. The van der Waals surface area contributed by atoms with Crippen molar-refractivity contribution in [2.45, 2.75) is 12.5 Å². The lowest BCUT2D eigenvalue weighted by atomic mass is 10.3. The Morgan fingerprint density at radius 1 is 1.67 bits per heavy atom. The zero-order valence-corrected chi connectivity index (χ0v) is 9.06. The highest BCUT2D eigenvalue weighted by atomic mass is 32.2. The van der Waals surface area contributed by atoms with Crippen molar-refractivity contribution in [3.8, 4) is 0 Å². The summed E-state index contributed by atoms with van der Waals surface area (Å²) in [6.07, 6.45) is 0.135. The smallest absolute Gasteiger partial charge is 0.307 e. The van der Waals surface area contributed by atoms with Crippen LogP contribution in [0.1, 0.15) is 6.42 Å². The summed E-state index contributed by atoms with van der Waals surface area (Å²) in [6.45, 7) is 0.225. The van der Waals surface area contributed by atoms with Crippen molar-refractivity contribution in [2.24, 2.45) is 0 Å². The van der Waals surface area contributed by atoms with Crippen LogP contribution >= 0.6 is 11.8 Å². The molecule has 2 amide bonds. The molecule has 1 rings (SSSR count). The van der Waals surface area contributed by atoms with Gasteiger partial charge in [-0.2, -0.15) is 0 Å². The minimum atomic E-state index is -0.486. The fraction of sp³-hybridized carbons (Fsp3) is 0.625. The van der Waals surface area contributed by atoms with Crippen LogP contribution in [0, 0.1) is 0 Å². The zero-order chi connectivity index (χ0) is 11.3. The van der Waals surface area contributed by atoms with Gasteiger partial charge in [0.25, 0.3) is 5.24 Å². The highest BCUT2D eigenvalue weighted by Crippen LogP contribution is 2.12. The molecule has 1 atom stereocenters. The van der Waals surface area contributed by atoms with Gasteiger partial charge in [-0.3, -0.25) is 14.4 Å². The predicted octanol–water partition coefficient (Wildman–Crippen LogP) is -0.509. The lowest BCUT2D eigenvalue weighted by Gasteiger charge is -2.09. The summed E-state index contributed by atoms with van der Waals surface area (Å²) in [5.41, 5.74) is 0. The fourth-order valence-electron chi connectivity index (χ4n) is 1.04. The largest absolute Gasteiger partial charge is 0.469 e. The van der Waals surface area contributed by atoms with E-state index >= 15 is 0 Å². The molecule has 0 spiro atoms. The van der Waals surface area contributed by atoms with E-state index in [9.17, 15) is 14.4 Å². The quantitative estimate of drug-likeness (QED) is 0.638. The molecule has 0 bridgehead atoms. The van der Waals surface area contributed by atoms with Gasteiger partial charge in [-0.15, -0.1) is 0 Å². The third kappa shape index (κ3) is 3.78. The van der Waals surface area contributed by atoms with E-state index < -0.39 is 6.04 Å². The number of hydrogen-bond donors (Lipinski definition) is 2. The topological polar surface area (TPSA) is 84.5 Å². The van der Waals surface area contributed by atoms with Crippen molar-refractivity contribution >= 4 is 28.9 Å². The molecule has 1 aliphatic heterocycles. The number of hydrogen-bond acceptors (Lipinski definition) is 5. The zero-order valence-electron chi connectivity index (χ0n) is 8.24. The second-order valence-corrected chi connectivity index (χ2v) is 3.91. The first kappa shape index (κ1) is 11.8. The summed E-state index contributed by atoms with van der Waals surface area (Å²) >= 11 is 1.08. The Hall–Kier alpha value is -1.24. The Labute approximate surface area is 91.1 Å². The molecule has 15 heavy (non-hydrogen) atoms. The monoisotopic (exact) mass is 232 g/mol. The first-order valence-electron chi connectivity index (χ1n) is 4.41. The van der Waals surface area contributed by atoms with Crippen molar-refractivity contribution in [3.05, 3.63) is 0 Å². The number of carbonyl (C=O) groups is 3. The summed E-state index contributed by atoms with van der Waals surface area (Å²) in [4.78, 5) is 32.9. The van der Waals surface area contributed by atoms with E-state index in [1.165, 1.54) is 7.11 Å². The van der Waals surface area contributed by atoms with Gasteiger partial charge < -0.3 is 15.4 Å². The van der Waals surface area contributed by atoms with Gasteiger partial charge in [0.15, 0.2) is 0 Å². The molecule has 7 heteroatoms. The second kappa shape index (κ2) is 5.59. The number of amides is 2. The average Bonchev–Trinajstić information content (AvgIpc) is 2.64. The van der Waals surface area contributed by atoms with Crippen molar-refractivity contribution in [1.82, 2.24) is 10.6 Å². The van der Waals surface area contributed by atoms with E-state index in [1.54, 1.807) is 0 Å². The van der Waals surface area contributed by atoms with Crippen molar-refractivity contribution < 1.29 is 19.1 Å². The lowest BCUT2D eigenvalue weighted by Crippen LogP contribution is -2.43. The fourth-order valence-corrected chi connectivity index (χ4v) is 1.82. The minimum absolute atomic E-state index is 0.135. The van der Waals surface area contributed by atoms with Gasteiger partial charge in [-0.1, -0.05) is 11.8 Å². The highest BCUT2D eigenvalue weighted by molar-refractivity contribution is 8.14. The maximum absolute atomic E-state index is 11.4. The van der Waals surface area contributed by atoms with Gasteiger partial charge in [0.2, 0.25) is 5.91 Å². The molecular formula is C8H12N2O4S. The SMILES string of the molecule is COC(=O)CCNC(=O)C1CSC(=O)N1. The van der Waals surface area contributed by atoms with Gasteiger partial charge in [0.05, 0.1) is 13.5 Å². The van der Waals surface area contributed by atoms with E-state index in [0.29, 0.717) is 5.75 Å². The van der Waals surface area contributed by atoms with Crippen molar-refractivity contribution in [3.63, 3.8) is 0 Å². The Morgan fingerprint density at radius 3 is 2.93 bits per heavy atom. The van der Waals surface area contributed by atoms with Crippen LogP contribution in [-0.2, 0) is 14.3 Å². The predicted molar refractivity (Wildman–Crippen MR) is 54.4 cm³/mol. The van der Waals surface area contributed by atoms with Gasteiger partial charge in [-0.25, -0.2) is 0 Å². The van der Waals surface area contributed by atoms with Gasteiger partial charge >= 0.3 is 5.97 Å². The van der Waals surface area contributed by atoms with E-state index in [2.05, 4.69) is 15.4 Å². The summed E-state index contributed by atoms with van der Waals surface area (Å²) in [5, 5.41) is 4.85. The molecule has 0 radical (unpaired) electrons. The average molecular weight is 232 g/mol. The number of methoxy groups -OCH3 is 1. The van der Waals surface area contributed by atoms with E-state index in [1.807, 2.05) is 0 Å². The molecule has 1 heterocycles. The molecule has 0 saturated carbocycles. The molecule has 0 aromatic rings. The normalized spacial score (nSPS) is 19.5. The first-order valence-corrected chi connectivity index (χ1v) is 5.40. The molecule has 84 valence electrons. The number of esters is 1. The summed E-state index contributed by atoms with van der Waals surface area (Å²) in [7, 11) is 1.29. The lowest BCUT2D eigenvalue weighted by molar-refractivity contribution is -0.140. The Morgan fingerprint density at radius 2 is 2.40 bits per heavy atom. The van der Waals surface area contributed by atoms with Gasteiger partial charge in [-0.05, 0) is 0 Å². The number of ether oxygens (including phenoxy) is 1. The summed E-state index contributed by atoms with van der Waals surface area (Å²) in [6, 6.07) is -0.486. The molecule has 0 aromatic heterocycles. The Balaban J connectivity index is 2.19. The van der Waals surface area contributed by atoms with Crippen LogP contribution in [0.3, 0.4) is 0 Å². The highest BCUT2D eigenvalue weighted by Gasteiger charge is 2.27. The third-order valence-corrected chi connectivity index (χ3v) is 2.73. The standard InChI is InChI=1S/C8H12N2O4S/c1-14-6(11)2-3-9-7(12)5-4-15-8(13)10-5/h5H,2-4H2,1H3,(H,9,12)(H,10,13). The molecule has 1 fully saturated rings. The molecule has 6 nitrogen and oxygen atoms in total. The van der Waals surface area contributed by atoms with E-state index in [4.69, 9.17) is 0 Å². The van der Waals surface area contributed by atoms with Gasteiger partial charge in [0, 0.05) is 12.3 Å². The van der Waals surface area contributed by atoms with Crippen LogP contribution < -0.4 is 10.6 Å².